The van der Waals surface area contributed by atoms with Gasteiger partial charge in [0, 0.05) is 12.7 Å². The SMILES string of the molecule is O=C(c1ccncc1F)N1C[C@H](O)C[C@H]1c1ccc(F)cc1. The maximum Gasteiger partial charge on any atom is 0.257 e. The molecule has 1 aromatic heterocycles. The smallest absolute Gasteiger partial charge is 0.257 e. The fraction of sp³-hybridized carbons (Fsp3) is 0.250. The third-order valence-electron chi connectivity index (χ3n) is 3.80. The number of β-amino-alcohol motifs (C(OH)–C–C–N with tert-alkyl or cyclic N) is 1. The number of halogens is 2. The lowest BCUT2D eigenvalue weighted by Crippen LogP contribution is -2.32. The van der Waals surface area contributed by atoms with Gasteiger partial charge in [-0.2, -0.15) is 0 Å². The summed E-state index contributed by atoms with van der Waals surface area (Å²) in [5.74, 6) is -1.59. The van der Waals surface area contributed by atoms with Crippen molar-refractivity contribution in [3.8, 4) is 0 Å². The van der Waals surface area contributed by atoms with Gasteiger partial charge >= 0.3 is 0 Å². The molecule has 0 spiro atoms. The quantitative estimate of drug-likeness (QED) is 0.926. The van der Waals surface area contributed by atoms with E-state index in [2.05, 4.69) is 4.98 Å². The number of rotatable bonds is 2. The van der Waals surface area contributed by atoms with E-state index in [1.54, 1.807) is 12.1 Å². The molecule has 0 saturated carbocycles. The number of benzene rings is 1. The summed E-state index contributed by atoms with van der Waals surface area (Å²) in [6.45, 7) is 0.114. The van der Waals surface area contributed by atoms with Crippen molar-refractivity contribution in [2.45, 2.75) is 18.6 Å². The molecular weight excluding hydrogens is 290 g/mol. The predicted molar refractivity (Wildman–Crippen MR) is 75.0 cm³/mol. The Kier molecular flexibility index (Phi) is 3.85. The monoisotopic (exact) mass is 304 g/mol. The van der Waals surface area contributed by atoms with E-state index in [1.165, 1.54) is 29.3 Å². The van der Waals surface area contributed by atoms with Crippen molar-refractivity contribution in [1.82, 2.24) is 9.88 Å². The Morgan fingerprint density at radius 3 is 2.64 bits per heavy atom. The zero-order valence-corrected chi connectivity index (χ0v) is 11.6. The summed E-state index contributed by atoms with van der Waals surface area (Å²) in [4.78, 5) is 17.6. The van der Waals surface area contributed by atoms with E-state index in [4.69, 9.17) is 0 Å². The van der Waals surface area contributed by atoms with Crippen LogP contribution in [0.5, 0.6) is 0 Å². The van der Waals surface area contributed by atoms with Gasteiger partial charge in [0.1, 0.15) is 5.82 Å². The van der Waals surface area contributed by atoms with Crippen molar-refractivity contribution in [2.75, 3.05) is 6.54 Å². The van der Waals surface area contributed by atoms with Crippen LogP contribution in [0.25, 0.3) is 0 Å². The Hall–Kier alpha value is -2.34. The number of aromatic nitrogens is 1. The average molecular weight is 304 g/mol. The third kappa shape index (κ3) is 2.69. The lowest BCUT2D eigenvalue weighted by Gasteiger charge is -2.25. The molecule has 1 fully saturated rings. The predicted octanol–water partition coefficient (Wildman–Crippen LogP) is 2.31. The summed E-state index contributed by atoms with van der Waals surface area (Å²) < 4.78 is 26.8. The number of aliphatic hydroxyl groups is 1. The maximum atomic E-state index is 13.8. The van der Waals surface area contributed by atoms with E-state index < -0.39 is 23.9 Å². The highest BCUT2D eigenvalue weighted by atomic mass is 19.1. The van der Waals surface area contributed by atoms with Gasteiger partial charge in [-0.15, -0.1) is 0 Å². The fourth-order valence-electron chi connectivity index (χ4n) is 2.74. The molecule has 114 valence electrons. The largest absolute Gasteiger partial charge is 0.391 e. The van der Waals surface area contributed by atoms with E-state index in [1.807, 2.05) is 0 Å². The summed E-state index contributed by atoms with van der Waals surface area (Å²) in [7, 11) is 0. The molecular formula is C16H14F2N2O2. The van der Waals surface area contributed by atoms with Crippen LogP contribution in [0.1, 0.15) is 28.4 Å². The summed E-state index contributed by atoms with van der Waals surface area (Å²) in [6, 6.07) is 6.65. The van der Waals surface area contributed by atoms with Crippen LogP contribution in [0.2, 0.25) is 0 Å². The van der Waals surface area contributed by atoms with Gasteiger partial charge in [0.2, 0.25) is 0 Å². The molecule has 1 aromatic carbocycles. The lowest BCUT2D eigenvalue weighted by atomic mass is 10.0. The minimum absolute atomic E-state index is 0.0868. The van der Waals surface area contributed by atoms with E-state index in [9.17, 15) is 18.7 Å². The number of amides is 1. The summed E-state index contributed by atoms with van der Waals surface area (Å²) in [5.41, 5.74) is 0.622. The van der Waals surface area contributed by atoms with Gasteiger partial charge in [-0.1, -0.05) is 12.1 Å². The number of hydrogen-bond donors (Lipinski definition) is 1. The normalized spacial score (nSPS) is 21.1. The number of carbonyl (C=O) groups excluding carboxylic acids is 1. The molecule has 1 aliphatic heterocycles. The number of nitrogens with zero attached hydrogens (tertiary/aromatic N) is 2. The topological polar surface area (TPSA) is 53.4 Å². The second-order valence-electron chi connectivity index (χ2n) is 5.27. The maximum absolute atomic E-state index is 13.8. The number of pyridine rings is 1. The molecule has 0 radical (unpaired) electrons. The summed E-state index contributed by atoms with van der Waals surface area (Å²) in [6.07, 6.45) is 1.97. The first kappa shape index (κ1) is 14.6. The zero-order chi connectivity index (χ0) is 15.7. The van der Waals surface area contributed by atoms with Crippen LogP contribution in [0.3, 0.4) is 0 Å². The van der Waals surface area contributed by atoms with E-state index in [0.29, 0.717) is 12.0 Å². The highest BCUT2D eigenvalue weighted by molar-refractivity contribution is 5.94. The lowest BCUT2D eigenvalue weighted by molar-refractivity contribution is 0.0711. The Balaban J connectivity index is 1.92. The van der Waals surface area contributed by atoms with Crippen LogP contribution in [0, 0.1) is 11.6 Å². The second kappa shape index (κ2) is 5.81. The van der Waals surface area contributed by atoms with E-state index in [0.717, 1.165) is 6.20 Å². The molecule has 2 aromatic rings. The van der Waals surface area contributed by atoms with Crippen molar-refractivity contribution in [1.29, 1.82) is 0 Å². The molecule has 6 heteroatoms. The molecule has 0 bridgehead atoms. The molecule has 1 amide bonds. The number of aliphatic hydroxyl groups excluding tert-OH is 1. The van der Waals surface area contributed by atoms with Crippen LogP contribution >= 0.6 is 0 Å². The zero-order valence-electron chi connectivity index (χ0n) is 11.6. The Morgan fingerprint density at radius 1 is 1.23 bits per heavy atom. The number of carbonyl (C=O) groups is 1. The van der Waals surface area contributed by atoms with Crippen LogP contribution in [-0.2, 0) is 0 Å². The standard InChI is InChI=1S/C16H14F2N2O2/c17-11-3-1-10(2-4-11)15-7-12(21)9-20(15)16(22)13-5-6-19-8-14(13)18/h1-6,8,12,15,21H,7,9H2/t12-,15+/m1/s1. The van der Waals surface area contributed by atoms with E-state index in [-0.39, 0.29) is 17.9 Å². The number of hydrogen-bond acceptors (Lipinski definition) is 3. The van der Waals surface area contributed by atoms with E-state index >= 15 is 0 Å². The molecule has 1 saturated heterocycles. The van der Waals surface area contributed by atoms with Gasteiger partial charge < -0.3 is 10.0 Å². The van der Waals surface area contributed by atoms with Crippen LogP contribution < -0.4 is 0 Å². The average Bonchev–Trinajstić information content (AvgIpc) is 2.90. The molecule has 4 nitrogen and oxygen atoms in total. The molecule has 0 unspecified atom stereocenters. The van der Waals surface area contributed by atoms with Gasteiger partial charge in [0.25, 0.3) is 5.91 Å². The minimum Gasteiger partial charge on any atom is -0.391 e. The van der Waals surface area contributed by atoms with Crippen molar-refractivity contribution in [2.24, 2.45) is 0 Å². The molecule has 2 atom stereocenters. The van der Waals surface area contributed by atoms with Crippen molar-refractivity contribution in [3.05, 3.63) is 65.5 Å². The van der Waals surface area contributed by atoms with Crippen LogP contribution in [0.4, 0.5) is 8.78 Å². The van der Waals surface area contributed by atoms with Crippen molar-refractivity contribution in [3.63, 3.8) is 0 Å². The first-order valence-corrected chi connectivity index (χ1v) is 6.90. The van der Waals surface area contributed by atoms with Gasteiger partial charge in [0.05, 0.1) is 23.9 Å². The van der Waals surface area contributed by atoms with Crippen LogP contribution in [0.15, 0.2) is 42.7 Å². The molecule has 0 aliphatic carbocycles. The Labute approximate surface area is 126 Å². The molecule has 1 N–H and O–H groups in total. The summed E-state index contributed by atoms with van der Waals surface area (Å²) >= 11 is 0. The Morgan fingerprint density at radius 2 is 1.95 bits per heavy atom. The molecule has 22 heavy (non-hydrogen) atoms. The Bertz CT molecular complexity index is 691. The highest BCUT2D eigenvalue weighted by Crippen LogP contribution is 2.33. The molecule has 1 aliphatic rings. The van der Waals surface area contributed by atoms with Gasteiger partial charge in [0.15, 0.2) is 5.82 Å². The highest BCUT2D eigenvalue weighted by Gasteiger charge is 2.36. The van der Waals surface area contributed by atoms with Gasteiger partial charge in [-0.3, -0.25) is 9.78 Å². The first-order chi connectivity index (χ1) is 10.6. The second-order valence-corrected chi connectivity index (χ2v) is 5.27. The van der Waals surface area contributed by atoms with Crippen molar-refractivity contribution < 1.29 is 18.7 Å². The molecule has 2 heterocycles. The van der Waals surface area contributed by atoms with Gasteiger partial charge in [-0.25, -0.2) is 8.78 Å². The molecule has 3 rings (SSSR count). The first-order valence-electron chi connectivity index (χ1n) is 6.90. The fourth-order valence-corrected chi connectivity index (χ4v) is 2.74. The van der Waals surface area contributed by atoms with Gasteiger partial charge in [-0.05, 0) is 30.2 Å². The van der Waals surface area contributed by atoms with Crippen LogP contribution in [-0.4, -0.2) is 33.5 Å². The summed E-state index contributed by atoms with van der Waals surface area (Å²) in [5, 5.41) is 9.88. The minimum atomic E-state index is -0.702. The third-order valence-corrected chi connectivity index (χ3v) is 3.80. The number of likely N-dealkylation sites (tertiary alicyclic amines) is 1. The van der Waals surface area contributed by atoms with Crippen molar-refractivity contribution >= 4 is 5.91 Å².